The Balaban J connectivity index is 1.67. The summed E-state index contributed by atoms with van der Waals surface area (Å²) in [5.74, 6) is 1.32. The first-order valence-electron chi connectivity index (χ1n) is 6.80. The van der Waals surface area contributed by atoms with Crippen LogP contribution in [0.1, 0.15) is 39.0 Å². The molecule has 94 valence electrons. The van der Waals surface area contributed by atoms with E-state index in [0.29, 0.717) is 12.0 Å². The van der Waals surface area contributed by atoms with Gasteiger partial charge in [0, 0.05) is 25.8 Å². The summed E-state index contributed by atoms with van der Waals surface area (Å²) < 4.78 is 5.31. The SMILES string of the molecule is CCC(NCC(O)C1CCOCC1)C1CC1. The van der Waals surface area contributed by atoms with Crippen molar-refractivity contribution in [2.75, 3.05) is 19.8 Å². The van der Waals surface area contributed by atoms with E-state index in [4.69, 9.17) is 4.74 Å². The summed E-state index contributed by atoms with van der Waals surface area (Å²) in [5, 5.41) is 13.6. The molecular formula is C13H25NO2. The summed E-state index contributed by atoms with van der Waals surface area (Å²) in [7, 11) is 0. The summed E-state index contributed by atoms with van der Waals surface area (Å²) >= 11 is 0. The van der Waals surface area contributed by atoms with Gasteiger partial charge in [0.2, 0.25) is 0 Å². The molecule has 0 radical (unpaired) electrons. The highest BCUT2D eigenvalue weighted by molar-refractivity contribution is 4.86. The van der Waals surface area contributed by atoms with Crippen LogP contribution in [0, 0.1) is 11.8 Å². The lowest BCUT2D eigenvalue weighted by atomic mass is 9.93. The number of hydrogen-bond donors (Lipinski definition) is 2. The third kappa shape index (κ3) is 3.44. The summed E-state index contributed by atoms with van der Waals surface area (Å²) in [6, 6.07) is 0.634. The Morgan fingerprint density at radius 2 is 1.88 bits per heavy atom. The molecule has 1 saturated heterocycles. The number of rotatable bonds is 6. The Morgan fingerprint density at radius 1 is 1.19 bits per heavy atom. The molecular weight excluding hydrogens is 202 g/mol. The third-order valence-corrected chi connectivity index (χ3v) is 4.03. The molecule has 1 aliphatic carbocycles. The van der Waals surface area contributed by atoms with Crippen molar-refractivity contribution in [3.8, 4) is 0 Å². The van der Waals surface area contributed by atoms with Crippen LogP contribution < -0.4 is 5.32 Å². The van der Waals surface area contributed by atoms with E-state index in [1.54, 1.807) is 0 Å². The highest BCUT2D eigenvalue weighted by atomic mass is 16.5. The molecule has 0 aromatic heterocycles. The molecule has 3 nitrogen and oxygen atoms in total. The molecule has 2 atom stereocenters. The number of nitrogens with one attached hydrogen (secondary N) is 1. The summed E-state index contributed by atoms with van der Waals surface area (Å²) in [6.45, 7) is 4.64. The van der Waals surface area contributed by atoms with Crippen molar-refractivity contribution in [2.24, 2.45) is 11.8 Å². The minimum absolute atomic E-state index is 0.184. The van der Waals surface area contributed by atoms with Crippen LogP contribution in [0.25, 0.3) is 0 Å². The summed E-state index contributed by atoms with van der Waals surface area (Å²) in [4.78, 5) is 0. The fourth-order valence-corrected chi connectivity index (χ4v) is 2.68. The van der Waals surface area contributed by atoms with Crippen molar-refractivity contribution in [3.05, 3.63) is 0 Å². The Hall–Kier alpha value is -0.120. The lowest BCUT2D eigenvalue weighted by Crippen LogP contribution is -2.41. The van der Waals surface area contributed by atoms with Crippen LogP contribution in [0.15, 0.2) is 0 Å². The molecule has 3 heteroatoms. The van der Waals surface area contributed by atoms with Crippen LogP contribution in [0.4, 0.5) is 0 Å². The van der Waals surface area contributed by atoms with E-state index in [1.807, 2.05) is 0 Å². The van der Waals surface area contributed by atoms with Gasteiger partial charge in [-0.15, -0.1) is 0 Å². The van der Waals surface area contributed by atoms with E-state index >= 15 is 0 Å². The van der Waals surface area contributed by atoms with Crippen LogP contribution in [-0.4, -0.2) is 37.0 Å². The maximum absolute atomic E-state index is 10.1. The maximum atomic E-state index is 10.1. The standard InChI is InChI=1S/C13H25NO2/c1-2-12(10-3-4-10)14-9-13(15)11-5-7-16-8-6-11/h10-15H,2-9H2,1H3. The molecule has 0 bridgehead atoms. The van der Waals surface area contributed by atoms with E-state index < -0.39 is 0 Å². The minimum Gasteiger partial charge on any atom is -0.392 e. The van der Waals surface area contributed by atoms with E-state index in [2.05, 4.69) is 12.2 Å². The van der Waals surface area contributed by atoms with Crippen LogP contribution in [0.5, 0.6) is 0 Å². The zero-order valence-corrected chi connectivity index (χ0v) is 10.3. The topological polar surface area (TPSA) is 41.5 Å². The van der Waals surface area contributed by atoms with Gasteiger partial charge in [0.15, 0.2) is 0 Å². The largest absolute Gasteiger partial charge is 0.392 e. The van der Waals surface area contributed by atoms with Gasteiger partial charge < -0.3 is 15.2 Å². The predicted molar refractivity (Wildman–Crippen MR) is 64.4 cm³/mol. The van der Waals surface area contributed by atoms with Crippen LogP contribution in [0.2, 0.25) is 0 Å². The average molecular weight is 227 g/mol. The van der Waals surface area contributed by atoms with Crippen molar-refractivity contribution in [3.63, 3.8) is 0 Å². The van der Waals surface area contributed by atoms with E-state index in [-0.39, 0.29) is 6.10 Å². The van der Waals surface area contributed by atoms with Crippen molar-refractivity contribution < 1.29 is 9.84 Å². The van der Waals surface area contributed by atoms with Gasteiger partial charge in [0.25, 0.3) is 0 Å². The second-order valence-corrected chi connectivity index (χ2v) is 5.28. The molecule has 2 aliphatic rings. The Labute approximate surface area is 98.6 Å². The van der Waals surface area contributed by atoms with Crippen LogP contribution in [-0.2, 0) is 4.74 Å². The van der Waals surface area contributed by atoms with Crippen molar-refractivity contribution in [2.45, 2.75) is 51.2 Å². The predicted octanol–water partition coefficient (Wildman–Crippen LogP) is 1.55. The second kappa shape index (κ2) is 5.99. The molecule has 0 amide bonds. The maximum Gasteiger partial charge on any atom is 0.0694 e. The van der Waals surface area contributed by atoms with Gasteiger partial charge in [-0.2, -0.15) is 0 Å². The number of ether oxygens (including phenoxy) is 1. The second-order valence-electron chi connectivity index (χ2n) is 5.28. The van der Waals surface area contributed by atoms with E-state index in [1.165, 1.54) is 19.3 Å². The molecule has 2 unspecified atom stereocenters. The van der Waals surface area contributed by atoms with Crippen LogP contribution in [0.3, 0.4) is 0 Å². The zero-order chi connectivity index (χ0) is 11.4. The Morgan fingerprint density at radius 3 is 2.44 bits per heavy atom. The van der Waals surface area contributed by atoms with Crippen molar-refractivity contribution in [1.29, 1.82) is 0 Å². The highest BCUT2D eigenvalue weighted by Crippen LogP contribution is 2.34. The first-order valence-corrected chi connectivity index (χ1v) is 6.80. The average Bonchev–Trinajstić information content (AvgIpc) is 3.15. The molecule has 0 spiro atoms. The molecule has 1 aliphatic heterocycles. The van der Waals surface area contributed by atoms with Gasteiger partial charge in [-0.3, -0.25) is 0 Å². The summed E-state index contributed by atoms with van der Waals surface area (Å²) in [5.41, 5.74) is 0. The fraction of sp³-hybridized carbons (Fsp3) is 1.00. The minimum atomic E-state index is -0.184. The van der Waals surface area contributed by atoms with Gasteiger partial charge >= 0.3 is 0 Å². The zero-order valence-electron chi connectivity index (χ0n) is 10.3. The smallest absolute Gasteiger partial charge is 0.0694 e. The number of aliphatic hydroxyl groups is 1. The van der Waals surface area contributed by atoms with Crippen LogP contribution >= 0.6 is 0 Å². The lowest BCUT2D eigenvalue weighted by molar-refractivity contribution is 0.00735. The normalized spacial score (nSPS) is 26.6. The molecule has 0 aromatic carbocycles. The molecule has 2 rings (SSSR count). The summed E-state index contributed by atoms with van der Waals surface area (Å²) in [6.07, 6.45) is 5.78. The lowest BCUT2D eigenvalue weighted by Gasteiger charge is -2.28. The van der Waals surface area contributed by atoms with Gasteiger partial charge in [-0.05, 0) is 43.9 Å². The first kappa shape index (κ1) is 12.3. The van der Waals surface area contributed by atoms with E-state index in [9.17, 15) is 5.11 Å². The number of aliphatic hydroxyl groups excluding tert-OH is 1. The van der Waals surface area contributed by atoms with Gasteiger partial charge in [-0.1, -0.05) is 6.92 Å². The monoisotopic (exact) mass is 227 g/mol. The quantitative estimate of drug-likeness (QED) is 0.723. The molecule has 1 saturated carbocycles. The Kier molecular flexibility index (Phi) is 4.62. The number of hydrogen-bond acceptors (Lipinski definition) is 3. The molecule has 2 N–H and O–H groups in total. The first-order chi connectivity index (χ1) is 7.81. The van der Waals surface area contributed by atoms with Gasteiger partial charge in [0.05, 0.1) is 6.10 Å². The molecule has 16 heavy (non-hydrogen) atoms. The molecule has 1 heterocycles. The van der Waals surface area contributed by atoms with Gasteiger partial charge in [-0.25, -0.2) is 0 Å². The highest BCUT2D eigenvalue weighted by Gasteiger charge is 2.30. The molecule has 2 fully saturated rings. The molecule has 0 aromatic rings. The van der Waals surface area contributed by atoms with Crippen molar-refractivity contribution >= 4 is 0 Å². The third-order valence-electron chi connectivity index (χ3n) is 4.03. The fourth-order valence-electron chi connectivity index (χ4n) is 2.68. The van der Waals surface area contributed by atoms with E-state index in [0.717, 1.165) is 38.5 Å². The van der Waals surface area contributed by atoms with Gasteiger partial charge in [0.1, 0.15) is 0 Å². The Bertz CT molecular complexity index is 200. The van der Waals surface area contributed by atoms with Crippen molar-refractivity contribution in [1.82, 2.24) is 5.32 Å².